The maximum atomic E-state index is 12.5. The topological polar surface area (TPSA) is 58.1 Å². The molecular weight excluding hydrogens is 336 g/mol. The van der Waals surface area contributed by atoms with Crippen molar-refractivity contribution >= 4 is 17.4 Å². The van der Waals surface area contributed by atoms with Crippen molar-refractivity contribution in [3.8, 4) is 0 Å². The summed E-state index contributed by atoms with van der Waals surface area (Å²) in [4.78, 5) is 23.5. The summed E-state index contributed by atoms with van der Waals surface area (Å²) in [5.41, 5.74) is 6.02. The number of hydrogen-bond acceptors (Lipinski definition) is 4. The standard InChI is InChI=1S/C22H22N4O/c1-15-7-8-19(16(2)11-15)25-22(27)20-12-24-21(13-23-20)26-10-9-17-5-3-4-6-18(17)14-26/h3-8,11-13H,9-10,14H2,1-2H3,(H,25,27). The van der Waals surface area contributed by atoms with Crippen LogP contribution in [0.1, 0.15) is 32.7 Å². The maximum absolute atomic E-state index is 12.5. The van der Waals surface area contributed by atoms with Crippen LogP contribution in [0.3, 0.4) is 0 Å². The third-order valence-electron chi connectivity index (χ3n) is 4.96. The predicted molar refractivity (Wildman–Crippen MR) is 107 cm³/mol. The Morgan fingerprint density at radius 1 is 1.04 bits per heavy atom. The molecule has 136 valence electrons. The van der Waals surface area contributed by atoms with E-state index in [9.17, 15) is 4.79 Å². The molecule has 0 aliphatic carbocycles. The Hall–Kier alpha value is -3.21. The SMILES string of the molecule is Cc1ccc(NC(=O)c2cnc(N3CCc4ccccc4C3)cn2)c(C)c1. The molecular formula is C22H22N4O. The molecule has 5 heteroatoms. The molecule has 3 aromatic rings. The van der Waals surface area contributed by atoms with Gasteiger partial charge in [-0.05, 0) is 43.0 Å². The zero-order chi connectivity index (χ0) is 18.8. The molecule has 0 saturated heterocycles. The van der Waals surface area contributed by atoms with Crippen molar-refractivity contribution in [2.45, 2.75) is 26.8 Å². The van der Waals surface area contributed by atoms with Gasteiger partial charge in [0.25, 0.3) is 5.91 Å². The molecule has 1 aliphatic heterocycles. The first-order chi connectivity index (χ1) is 13.1. The van der Waals surface area contributed by atoms with Crippen LogP contribution < -0.4 is 10.2 Å². The van der Waals surface area contributed by atoms with Gasteiger partial charge in [-0.15, -0.1) is 0 Å². The fraction of sp³-hybridized carbons (Fsp3) is 0.227. The lowest BCUT2D eigenvalue weighted by molar-refractivity contribution is 0.102. The van der Waals surface area contributed by atoms with Gasteiger partial charge in [0, 0.05) is 18.8 Å². The fourth-order valence-electron chi connectivity index (χ4n) is 3.43. The Balaban J connectivity index is 1.47. The van der Waals surface area contributed by atoms with Gasteiger partial charge < -0.3 is 10.2 Å². The monoisotopic (exact) mass is 358 g/mol. The van der Waals surface area contributed by atoms with Gasteiger partial charge in [0.1, 0.15) is 11.5 Å². The summed E-state index contributed by atoms with van der Waals surface area (Å²) in [7, 11) is 0. The molecule has 0 spiro atoms. The third kappa shape index (κ3) is 3.67. The van der Waals surface area contributed by atoms with Crippen LogP contribution in [0.4, 0.5) is 11.5 Å². The molecule has 0 bridgehead atoms. The summed E-state index contributed by atoms with van der Waals surface area (Å²) in [6, 6.07) is 14.4. The van der Waals surface area contributed by atoms with E-state index in [2.05, 4.69) is 44.5 Å². The maximum Gasteiger partial charge on any atom is 0.275 e. The van der Waals surface area contributed by atoms with E-state index in [0.717, 1.165) is 42.1 Å². The Kier molecular flexibility index (Phi) is 4.59. The molecule has 1 aliphatic rings. The Bertz CT molecular complexity index is 982. The van der Waals surface area contributed by atoms with E-state index < -0.39 is 0 Å². The molecule has 5 nitrogen and oxygen atoms in total. The van der Waals surface area contributed by atoms with Gasteiger partial charge in [0.05, 0.1) is 12.4 Å². The first kappa shape index (κ1) is 17.2. The van der Waals surface area contributed by atoms with E-state index in [1.54, 1.807) is 12.4 Å². The molecule has 0 unspecified atom stereocenters. The Labute approximate surface area is 159 Å². The van der Waals surface area contributed by atoms with Crippen molar-refractivity contribution in [1.29, 1.82) is 0 Å². The minimum absolute atomic E-state index is 0.245. The van der Waals surface area contributed by atoms with E-state index in [1.807, 2.05) is 32.0 Å². The number of amides is 1. The lowest BCUT2D eigenvalue weighted by atomic mass is 10.0. The quantitative estimate of drug-likeness (QED) is 0.771. The van der Waals surface area contributed by atoms with Gasteiger partial charge in [-0.2, -0.15) is 0 Å². The van der Waals surface area contributed by atoms with E-state index in [-0.39, 0.29) is 5.91 Å². The third-order valence-corrected chi connectivity index (χ3v) is 4.96. The molecule has 1 amide bonds. The number of hydrogen-bond donors (Lipinski definition) is 1. The first-order valence-corrected chi connectivity index (χ1v) is 9.12. The number of anilines is 2. The number of aromatic nitrogens is 2. The van der Waals surface area contributed by atoms with E-state index in [1.165, 1.54) is 11.1 Å². The summed E-state index contributed by atoms with van der Waals surface area (Å²) in [6.45, 7) is 5.73. The largest absolute Gasteiger partial charge is 0.351 e. The molecule has 4 rings (SSSR count). The van der Waals surface area contributed by atoms with Crippen LogP contribution in [-0.2, 0) is 13.0 Å². The molecule has 0 fully saturated rings. The van der Waals surface area contributed by atoms with Crippen molar-refractivity contribution in [3.63, 3.8) is 0 Å². The second kappa shape index (κ2) is 7.19. The number of fused-ring (bicyclic) bond motifs is 1. The van der Waals surface area contributed by atoms with Crippen LogP contribution in [0, 0.1) is 13.8 Å². The normalized spacial score (nSPS) is 13.2. The van der Waals surface area contributed by atoms with E-state index in [4.69, 9.17) is 0 Å². The Morgan fingerprint density at radius 2 is 1.85 bits per heavy atom. The minimum Gasteiger partial charge on any atom is -0.351 e. The number of carbonyl (C=O) groups is 1. The molecule has 1 aromatic heterocycles. The van der Waals surface area contributed by atoms with Crippen molar-refractivity contribution in [1.82, 2.24) is 9.97 Å². The average molecular weight is 358 g/mol. The second-order valence-electron chi connectivity index (χ2n) is 6.97. The van der Waals surface area contributed by atoms with Crippen molar-refractivity contribution in [3.05, 3.63) is 82.8 Å². The number of nitrogens with one attached hydrogen (secondary N) is 1. The summed E-state index contributed by atoms with van der Waals surface area (Å²) in [5.74, 6) is 0.553. The Morgan fingerprint density at radius 3 is 2.59 bits per heavy atom. The predicted octanol–water partition coefficient (Wildman–Crippen LogP) is 3.91. The highest BCUT2D eigenvalue weighted by Gasteiger charge is 2.18. The number of aryl methyl sites for hydroxylation is 2. The minimum atomic E-state index is -0.245. The summed E-state index contributed by atoms with van der Waals surface area (Å²) in [5, 5.41) is 2.91. The number of carbonyl (C=O) groups excluding carboxylic acids is 1. The average Bonchev–Trinajstić information content (AvgIpc) is 2.70. The molecule has 0 atom stereocenters. The van der Waals surface area contributed by atoms with Gasteiger partial charge in [0.15, 0.2) is 0 Å². The molecule has 1 N–H and O–H groups in total. The van der Waals surface area contributed by atoms with Crippen molar-refractivity contribution < 1.29 is 4.79 Å². The zero-order valence-corrected chi connectivity index (χ0v) is 15.6. The van der Waals surface area contributed by atoms with Crippen molar-refractivity contribution in [2.24, 2.45) is 0 Å². The second-order valence-corrected chi connectivity index (χ2v) is 6.97. The molecule has 2 heterocycles. The van der Waals surface area contributed by atoms with Gasteiger partial charge >= 0.3 is 0 Å². The highest BCUT2D eigenvalue weighted by Crippen LogP contribution is 2.22. The van der Waals surface area contributed by atoms with Gasteiger partial charge in [-0.25, -0.2) is 9.97 Å². The lowest BCUT2D eigenvalue weighted by Gasteiger charge is -2.29. The fourth-order valence-corrected chi connectivity index (χ4v) is 3.43. The summed E-state index contributed by atoms with van der Waals surface area (Å²) < 4.78 is 0. The number of nitrogens with zero attached hydrogens (tertiary/aromatic N) is 3. The zero-order valence-electron chi connectivity index (χ0n) is 15.6. The summed E-state index contributed by atoms with van der Waals surface area (Å²) in [6.07, 6.45) is 4.23. The van der Waals surface area contributed by atoms with Crippen LogP contribution in [-0.4, -0.2) is 22.4 Å². The molecule has 0 radical (unpaired) electrons. The molecule has 27 heavy (non-hydrogen) atoms. The highest BCUT2D eigenvalue weighted by atomic mass is 16.1. The highest BCUT2D eigenvalue weighted by molar-refractivity contribution is 6.03. The number of rotatable bonds is 3. The van der Waals surface area contributed by atoms with Crippen LogP contribution in [0.5, 0.6) is 0 Å². The number of benzene rings is 2. The van der Waals surface area contributed by atoms with Gasteiger partial charge in [-0.3, -0.25) is 4.79 Å². The molecule has 0 saturated carbocycles. The van der Waals surface area contributed by atoms with Crippen LogP contribution >= 0.6 is 0 Å². The van der Waals surface area contributed by atoms with Crippen molar-refractivity contribution in [2.75, 3.05) is 16.8 Å². The van der Waals surface area contributed by atoms with Crippen LogP contribution in [0.2, 0.25) is 0 Å². The van der Waals surface area contributed by atoms with Crippen LogP contribution in [0.25, 0.3) is 0 Å². The van der Waals surface area contributed by atoms with Crippen LogP contribution in [0.15, 0.2) is 54.9 Å². The smallest absolute Gasteiger partial charge is 0.275 e. The molecule has 2 aromatic carbocycles. The summed E-state index contributed by atoms with van der Waals surface area (Å²) >= 11 is 0. The first-order valence-electron chi connectivity index (χ1n) is 9.12. The van der Waals surface area contributed by atoms with Gasteiger partial charge in [0.2, 0.25) is 0 Å². The lowest BCUT2D eigenvalue weighted by Crippen LogP contribution is -2.31. The van der Waals surface area contributed by atoms with Gasteiger partial charge in [-0.1, -0.05) is 42.0 Å². The van der Waals surface area contributed by atoms with E-state index >= 15 is 0 Å². The van der Waals surface area contributed by atoms with E-state index in [0.29, 0.717) is 5.69 Å².